The minimum absolute atomic E-state index is 0.111. The van der Waals surface area contributed by atoms with Crippen molar-refractivity contribution in [2.75, 3.05) is 6.54 Å². The van der Waals surface area contributed by atoms with E-state index in [1.165, 1.54) is 24.3 Å². The summed E-state index contributed by atoms with van der Waals surface area (Å²) in [6.45, 7) is 0.218. The highest BCUT2D eigenvalue weighted by atomic mass is 19.1. The Balaban J connectivity index is 1.47. The van der Waals surface area contributed by atoms with Crippen LogP contribution < -0.4 is 5.32 Å². The number of phenolic OH excluding ortho intramolecular Hbond substituents is 1. The van der Waals surface area contributed by atoms with Gasteiger partial charge in [0.15, 0.2) is 0 Å². The van der Waals surface area contributed by atoms with E-state index in [9.17, 15) is 19.4 Å². The summed E-state index contributed by atoms with van der Waals surface area (Å²) in [5, 5.41) is 22.8. The van der Waals surface area contributed by atoms with Crippen LogP contribution in [0.3, 0.4) is 0 Å². The molecule has 4 nitrogen and oxygen atoms in total. The van der Waals surface area contributed by atoms with Gasteiger partial charge in [-0.3, -0.25) is 4.79 Å². The fourth-order valence-corrected chi connectivity index (χ4v) is 3.51. The quantitative estimate of drug-likeness (QED) is 0.768. The fraction of sp³-hybridized carbons (Fsp3) is 0.381. The summed E-state index contributed by atoms with van der Waals surface area (Å²) in [6.07, 6.45) is 3.91. The molecule has 138 valence electrons. The number of hydrogen-bond donors (Lipinski definition) is 3. The molecular weight excluding hydrogens is 333 g/mol. The molecular formula is C21H24FNO3. The maximum absolute atomic E-state index is 13.0. The van der Waals surface area contributed by atoms with E-state index in [1.807, 2.05) is 12.1 Å². The molecule has 3 rings (SSSR count). The predicted molar refractivity (Wildman–Crippen MR) is 97.5 cm³/mol. The summed E-state index contributed by atoms with van der Waals surface area (Å²) in [4.78, 5) is 12.1. The molecule has 1 aliphatic rings. The molecule has 2 aromatic carbocycles. The molecule has 3 N–H and O–H groups in total. The summed E-state index contributed by atoms with van der Waals surface area (Å²) in [6, 6.07) is 12.6. The first-order valence-electron chi connectivity index (χ1n) is 8.98. The van der Waals surface area contributed by atoms with Gasteiger partial charge in [0.1, 0.15) is 11.6 Å². The van der Waals surface area contributed by atoms with Crippen molar-refractivity contribution in [2.45, 2.75) is 37.7 Å². The second-order valence-corrected chi connectivity index (χ2v) is 7.23. The van der Waals surface area contributed by atoms with Crippen LogP contribution in [0, 0.1) is 11.7 Å². The Bertz CT molecular complexity index is 735. The van der Waals surface area contributed by atoms with Gasteiger partial charge in [0.2, 0.25) is 0 Å². The SMILES string of the molecule is O=C(NCC1(O)CCC(Cc2ccc(F)cc2)CC1)c1ccc(O)cc1. The van der Waals surface area contributed by atoms with E-state index in [-0.39, 0.29) is 24.0 Å². The topological polar surface area (TPSA) is 69.6 Å². The van der Waals surface area contributed by atoms with Crippen LogP contribution in [-0.4, -0.2) is 28.3 Å². The van der Waals surface area contributed by atoms with Crippen molar-refractivity contribution in [3.8, 4) is 5.75 Å². The van der Waals surface area contributed by atoms with Gasteiger partial charge in [0, 0.05) is 12.1 Å². The summed E-state index contributed by atoms with van der Waals surface area (Å²) >= 11 is 0. The summed E-state index contributed by atoms with van der Waals surface area (Å²) < 4.78 is 13.0. The van der Waals surface area contributed by atoms with Crippen molar-refractivity contribution in [3.63, 3.8) is 0 Å². The Morgan fingerprint density at radius 1 is 1.08 bits per heavy atom. The maximum Gasteiger partial charge on any atom is 0.251 e. The zero-order chi connectivity index (χ0) is 18.6. The van der Waals surface area contributed by atoms with Gasteiger partial charge < -0.3 is 15.5 Å². The maximum atomic E-state index is 13.0. The molecule has 1 fully saturated rings. The van der Waals surface area contributed by atoms with Gasteiger partial charge in [-0.05, 0) is 80.0 Å². The Hall–Kier alpha value is -2.40. The highest BCUT2D eigenvalue weighted by Gasteiger charge is 2.33. The highest BCUT2D eigenvalue weighted by molar-refractivity contribution is 5.94. The number of rotatable bonds is 5. The average Bonchev–Trinajstić information content (AvgIpc) is 2.64. The van der Waals surface area contributed by atoms with E-state index < -0.39 is 5.60 Å². The lowest BCUT2D eigenvalue weighted by Crippen LogP contribution is -2.45. The van der Waals surface area contributed by atoms with Crippen LogP contribution in [-0.2, 0) is 6.42 Å². The lowest BCUT2D eigenvalue weighted by molar-refractivity contribution is -0.00742. The monoisotopic (exact) mass is 357 g/mol. The number of hydrogen-bond acceptors (Lipinski definition) is 3. The number of benzene rings is 2. The van der Waals surface area contributed by atoms with Gasteiger partial charge >= 0.3 is 0 Å². The molecule has 1 saturated carbocycles. The number of halogens is 1. The molecule has 1 aliphatic carbocycles. The molecule has 0 aromatic heterocycles. The van der Waals surface area contributed by atoms with Crippen molar-refractivity contribution in [3.05, 3.63) is 65.5 Å². The van der Waals surface area contributed by atoms with Crippen LogP contribution in [0.4, 0.5) is 4.39 Å². The van der Waals surface area contributed by atoms with Crippen LogP contribution >= 0.6 is 0 Å². The zero-order valence-corrected chi connectivity index (χ0v) is 14.6. The fourth-order valence-electron chi connectivity index (χ4n) is 3.51. The third-order valence-electron chi connectivity index (χ3n) is 5.18. The average molecular weight is 357 g/mol. The zero-order valence-electron chi connectivity index (χ0n) is 14.6. The van der Waals surface area contributed by atoms with Crippen LogP contribution in [0.2, 0.25) is 0 Å². The van der Waals surface area contributed by atoms with Crippen molar-refractivity contribution in [1.82, 2.24) is 5.32 Å². The molecule has 5 heteroatoms. The molecule has 1 amide bonds. The largest absolute Gasteiger partial charge is 0.508 e. The number of nitrogens with one attached hydrogen (secondary N) is 1. The summed E-state index contributed by atoms with van der Waals surface area (Å²) in [5.41, 5.74) is 0.685. The lowest BCUT2D eigenvalue weighted by Gasteiger charge is -2.36. The Morgan fingerprint density at radius 3 is 2.31 bits per heavy atom. The van der Waals surface area contributed by atoms with E-state index in [0.717, 1.165) is 24.8 Å². The minimum atomic E-state index is -0.883. The first kappa shape index (κ1) is 18.4. The first-order chi connectivity index (χ1) is 12.4. The Labute approximate surface area is 152 Å². The molecule has 0 atom stereocenters. The molecule has 0 bridgehead atoms. The van der Waals surface area contributed by atoms with Crippen molar-refractivity contribution in [1.29, 1.82) is 0 Å². The number of aromatic hydroxyl groups is 1. The van der Waals surface area contributed by atoms with Gasteiger partial charge in [-0.2, -0.15) is 0 Å². The van der Waals surface area contributed by atoms with Gasteiger partial charge in [0.25, 0.3) is 5.91 Å². The van der Waals surface area contributed by atoms with E-state index in [2.05, 4.69) is 5.32 Å². The van der Waals surface area contributed by atoms with E-state index in [4.69, 9.17) is 0 Å². The van der Waals surface area contributed by atoms with Gasteiger partial charge in [-0.15, -0.1) is 0 Å². The molecule has 2 aromatic rings. The number of amides is 1. The number of phenols is 1. The molecule has 0 radical (unpaired) electrons. The van der Waals surface area contributed by atoms with Crippen LogP contribution in [0.25, 0.3) is 0 Å². The van der Waals surface area contributed by atoms with E-state index in [1.54, 1.807) is 12.1 Å². The van der Waals surface area contributed by atoms with Crippen LogP contribution in [0.5, 0.6) is 5.75 Å². The molecule has 0 aliphatic heterocycles. The summed E-state index contributed by atoms with van der Waals surface area (Å²) in [5.74, 6) is 0.0937. The lowest BCUT2D eigenvalue weighted by atomic mass is 9.76. The third-order valence-corrected chi connectivity index (χ3v) is 5.18. The van der Waals surface area contributed by atoms with Gasteiger partial charge in [0.05, 0.1) is 5.60 Å². The Morgan fingerprint density at radius 2 is 1.69 bits per heavy atom. The molecule has 26 heavy (non-hydrogen) atoms. The second-order valence-electron chi connectivity index (χ2n) is 7.23. The second kappa shape index (κ2) is 7.87. The normalized spacial score (nSPS) is 22.8. The molecule has 0 spiro atoms. The first-order valence-corrected chi connectivity index (χ1v) is 8.98. The third kappa shape index (κ3) is 4.82. The smallest absolute Gasteiger partial charge is 0.251 e. The Kier molecular flexibility index (Phi) is 5.57. The van der Waals surface area contributed by atoms with Gasteiger partial charge in [-0.1, -0.05) is 12.1 Å². The number of aliphatic hydroxyl groups is 1. The van der Waals surface area contributed by atoms with Crippen LogP contribution in [0.15, 0.2) is 48.5 Å². The standard InChI is InChI=1S/C21H24FNO3/c22-18-5-1-15(2-6-18)13-16-9-11-21(26,12-10-16)14-23-20(25)17-3-7-19(24)8-4-17/h1-8,16,24,26H,9-14H2,(H,23,25). The van der Waals surface area contributed by atoms with E-state index in [0.29, 0.717) is 24.3 Å². The van der Waals surface area contributed by atoms with Crippen LogP contribution in [0.1, 0.15) is 41.6 Å². The molecule has 0 saturated heterocycles. The van der Waals surface area contributed by atoms with Crippen molar-refractivity contribution in [2.24, 2.45) is 5.92 Å². The number of carbonyl (C=O) groups excluding carboxylic acids is 1. The predicted octanol–water partition coefficient (Wildman–Crippen LogP) is 3.43. The van der Waals surface area contributed by atoms with Crippen molar-refractivity contribution < 1.29 is 19.4 Å². The highest BCUT2D eigenvalue weighted by Crippen LogP contribution is 2.33. The summed E-state index contributed by atoms with van der Waals surface area (Å²) in [7, 11) is 0. The number of carbonyl (C=O) groups is 1. The van der Waals surface area contributed by atoms with Gasteiger partial charge in [-0.25, -0.2) is 4.39 Å². The molecule has 0 heterocycles. The van der Waals surface area contributed by atoms with E-state index >= 15 is 0 Å². The molecule has 0 unspecified atom stereocenters. The minimum Gasteiger partial charge on any atom is -0.508 e. The van der Waals surface area contributed by atoms with Crippen molar-refractivity contribution >= 4 is 5.91 Å².